The molecule has 1 heterocycles. The van der Waals surface area contributed by atoms with Crippen LogP contribution in [-0.2, 0) is 0 Å². The average molecular weight is 220 g/mol. The predicted molar refractivity (Wildman–Crippen MR) is 64.0 cm³/mol. The van der Waals surface area contributed by atoms with E-state index in [1.54, 1.807) is 18.2 Å². The molecule has 0 spiro atoms. The van der Waals surface area contributed by atoms with Crippen molar-refractivity contribution in [2.75, 3.05) is 37.6 Å². The van der Waals surface area contributed by atoms with Crippen LogP contribution in [0, 0.1) is 0 Å². The van der Waals surface area contributed by atoms with Gasteiger partial charge in [0.2, 0.25) is 0 Å². The lowest BCUT2D eigenvalue weighted by Gasteiger charge is -2.27. The second-order valence-electron chi connectivity index (χ2n) is 3.93. The fourth-order valence-corrected chi connectivity index (χ4v) is 1.85. The molecular weight excluding hydrogens is 204 g/mol. The van der Waals surface area contributed by atoms with Crippen molar-refractivity contribution in [2.24, 2.45) is 0 Å². The molecular formula is C11H16N4O. The molecule has 1 saturated heterocycles. The van der Waals surface area contributed by atoms with E-state index in [0.717, 1.165) is 26.2 Å². The largest absolute Gasteiger partial charge is 0.399 e. The third kappa shape index (κ3) is 2.25. The van der Waals surface area contributed by atoms with E-state index in [9.17, 15) is 4.79 Å². The quantitative estimate of drug-likeness (QED) is 0.577. The van der Waals surface area contributed by atoms with Crippen LogP contribution in [0.5, 0.6) is 0 Å². The standard InChI is InChI=1S/C11H16N4O/c12-9-5-8(6-10(13)7-9)11(16)15-3-1-14-2-4-15/h5-7,14H,1-4,12-13H2. The lowest BCUT2D eigenvalue weighted by molar-refractivity contribution is 0.0736. The SMILES string of the molecule is Nc1cc(N)cc(C(=O)N2CCNCC2)c1. The summed E-state index contributed by atoms with van der Waals surface area (Å²) in [7, 11) is 0. The Balaban J connectivity index is 2.19. The molecule has 0 atom stereocenters. The number of nitrogen functional groups attached to an aromatic ring is 2. The minimum Gasteiger partial charge on any atom is -0.399 e. The van der Waals surface area contributed by atoms with Gasteiger partial charge in [-0.05, 0) is 18.2 Å². The van der Waals surface area contributed by atoms with Gasteiger partial charge in [-0.2, -0.15) is 0 Å². The summed E-state index contributed by atoms with van der Waals surface area (Å²) in [5.41, 5.74) is 12.9. The van der Waals surface area contributed by atoms with Crippen LogP contribution in [0.25, 0.3) is 0 Å². The van der Waals surface area contributed by atoms with Crippen molar-refractivity contribution in [3.63, 3.8) is 0 Å². The molecule has 0 saturated carbocycles. The normalized spacial score (nSPS) is 16.1. The second-order valence-corrected chi connectivity index (χ2v) is 3.93. The Hall–Kier alpha value is -1.75. The van der Waals surface area contributed by atoms with Crippen LogP contribution in [0.2, 0.25) is 0 Å². The van der Waals surface area contributed by atoms with Crippen LogP contribution in [0.1, 0.15) is 10.4 Å². The summed E-state index contributed by atoms with van der Waals surface area (Å²) >= 11 is 0. The van der Waals surface area contributed by atoms with Gasteiger partial charge in [-0.3, -0.25) is 4.79 Å². The minimum absolute atomic E-state index is 0.000463. The number of nitrogens with two attached hydrogens (primary N) is 2. The molecule has 1 fully saturated rings. The maximum Gasteiger partial charge on any atom is 0.254 e. The summed E-state index contributed by atoms with van der Waals surface area (Å²) in [5.74, 6) is 0.000463. The molecule has 2 rings (SSSR count). The van der Waals surface area contributed by atoms with Gasteiger partial charge in [-0.15, -0.1) is 0 Å². The van der Waals surface area contributed by atoms with Crippen LogP contribution in [-0.4, -0.2) is 37.0 Å². The molecule has 1 amide bonds. The second kappa shape index (κ2) is 4.40. The highest BCUT2D eigenvalue weighted by Crippen LogP contribution is 2.15. The first-order valence-corrected chi connectivity index (χ1v) is 5.33. The Labute approximate surface area is 94.4 Å². The highest BCUT2D eigenvalue weighted by molar-refractivity contribution is 5.96. The Bertz CT molecular complexity index is 379. The summed E-state index contributed by atoms with van der Waals surface area (Å²) in [6, 6.07) is 4.98. The molecule has 5 N–H and O–H groups in total. The molecule has 86 valence electrons. The van der Waals surface area contributed by atoms with Gasteiger partial charge >= 0.3 is 0 Å². The third-order valence-electron chi connectivity index (χ3n) is 2.63. The Morgan fingerprint density at radius 3 is 2.25 bits per heavy atom. The monoisotopic (exact) mass is 220 g/mol. The molecule has 5 heteroatoms. The van der Waals surface area contributed by atoms with Gasteiger partial charge in [0, 0.05) is 43.1 Å². The summed E-state index contributed by atoms with van der Waals surface area (Å²) in [6.07, 6.45) is 0. The number of hydrogen-bond donors (Lipinski definition) is 3. The fourth-order valence-electron chi connectivity index (χ4n) is 1.85. The van der Waals surface area contributed by atoms with Gasteiger partial charge in [0.05, 0.1) is 0 Å². The lowest BCUT2D eigenvalue weighted by atomic mass is 10.1. The van der Waals surface area contributed by atoms with Gasteiger partial charge in [0.25, 0.3) is 5.91 Å². The molecule has 0 aromatic heterocycles. The number of amides is 1. The number of rotatable bonds is 1. The predicted octanol–water partition coefficient (Wildman–Crippen LogP) is -0.104. The maximum atomic E-state index is 12.1. The summed E-state index contributed by atoms with van der Waals surface area (Å²) < 4.78 is 0. The van der Waals surface area contributed by atoms with Crippen molar-refractivity contribution in [2.45, 2.75) is 0 Å². The summed E-state index contributed by atoms with van der Waals surface area (Å²) in [5, 5.41) is 3.20. The van der Waals surface area contributed by atoms with E-state index < -0.39 is 0 Å². The van der Waals surface area contributed by atoms with Crippen molar-refractivity contribution in [3.8, 4) is 0 Å². The number of carbonyl (C=O) groups is 1. The van der Waals surface area contributed by atoms with Crippen molar-refractivity contribution in [1.29, 1.82) is 0 Å². The molecule has 0 bridgehead atoms. The van der Waals surface area contributed by atoms with Gasteiger partial charge < -0.3 is 21.7 Å². The fraction of sp³-hybridized carbons (Fsp3) is 0.364. The van der Waals surface area contributed by atoms with E-state index in [1.165, 1.54) is 0 Å². The zero-order valence-corrected chi connectivity index (χ0v) is 9.07. The smallest absolute Gasteiger partial charge is 0.254 e. The number of carbonyl (C=O) groups excluding carboxylic acids is 1. The molecule has 1 aliphatic rings. The molecule has 1 aromatic carbocycles. The first-order chi connectivity index (χ1) is 7.66. The van der Waals surface area contributed by atoms with Crippen molar-refractivity contribution < 1.29 is 4.79 Å². The third-order valence-corrected chi connectivity index (χ3v) is 2.63. The van der Waals surface area contributed by atoms with Crippen molar-refractivity contribution in [1.82, 2.24) is 10.2 Å². The topological polar surface area (TPSA) is 84.4 Å². The number of hydrogen-bond acceptors (Lipinski definition) is 4. The maximum absolute atomic E-state index is 12.1. The van der Waals surface area contributed by atoms with Gasteiger partial charge in [0.1, 0.15) is 0 Å². The Morgan fingerprint density at radius 2 is 1.69 bits per heavy atom. The van der Waals surface area contributed by atoms with Crippen molar-refractivity contribution >= 4 is 17.3 Å². The van der Waals surface area contributed by atoms with Gasteiger partial charge in [0.15, 0.2) is 0 Å². The molecule has 0 unspecified atom stereocenters. The molecule has 16 heavy (non-hydrogen) atoms. The number of nitrogens with one attached hydrogen (secondary N) is 1. The first-order valence-electron chi connectivity index (χ1n) is 5.33. The molecule has 5 nitrogen and oxygen atoms in total. The zero-order chi connectivity index (χ0) is 11.5. The van der Waals surface area contributed by atoms with Crippen LogP contribution >= 0.6 is 0 Å². The first kappa shape index (κ1) is 10.8. The number of anilines is 2. The van der Waals surface area contributed by atoms with Crippen molar-refractivity contribution in [3.05, 3.63) is 23.8 Å². The minimum atomic E-state index is 0.000463. The van der Waals surface area contributed by atoms with Gasteiger partial charge in [-0.1, -0.05) is 0 Å². The van der Waals surface area contributed by atoms with E-state index >= 15 is 0 Å². The summed E-state index contributed by atoms with van der Waals surface area (Å²) in [4.78, 5) is 13.9. The average Bonchev–Trinajstić information content (AvgIpc) is 2.28. The highest BCUT2D eigenvalue weighted by Gasteiger charge is 2.18. The van der Waals surface area contributed by atoms with Crippen LogP contribution in [0.4, 0.5) is 11.4 Å². The molecule has 1 aliphatic heterocycles. The molecule has 0 aliphatic carbocycles. The molecule has 0 radical (unpaired) electrons. The van der Waals surface area contributed by atoms with E-state index in [-0.39, 0.29) is 5.91 Å². The van der Waals surface area contributed by atoms with Crippen LogP contribution in [0.3, 0.4) is 0 Å². The van der Waals surface area contributed by atoms with Gasteiger partial charge in [-0.25, -0.2) is 0 Å². The number of nitrogens with zero attached hydrogens (tertiary/aromatic N) is 1. The lowest BCUT2D eigenvalue weighted by Crippen LogP contribution is -2.46. The van der Waals surface area contributed by atoms with Crippen LogP contribution < -0.4 is 16.8 Å². The Morgan fingerprint density at radius 1 is 1.12 bits per heavy atom. The van der Waals surface area contributed by atoms with E-state index in [0.29, 0.717) is 16.9 Å². The number of benzene rings is 1. The highest BCUT2D eigenvalue weighted by atomic mass is 16.2. The van der Waals surface area contributed by atoms with E-state index in [1.807, 2.05) is 4.90 Å². The van der Waals surface area contributed by atoms with E-state index in [4.69, 9.17) is 11.5 Å². The number of piperazine rings is 1. The van der Waals surface area contributed by atoms with E-state index in [2.05, 4.69) is 5.32 Å². The zero-order valence-electron chi connectivity index (χ0n) is 9.07. The molecule has 1 aromatic rings. The van der Waals surface area contributed by atoms with Crippen LogP contribution in [0.15, 0.2) is 18.2 Å². The summed E-state index contributed by atoms with van der Waals surface area (Å²) in [6.45, 7) is 3.13. The Kier molecular flexibility index (Phi) is 2.96.